The van der Waals surface area contributed by atoms with Crippen LogP contribution in [-0.2, 0) is 4.74 Å². The summed E-state index contributed by atoms with van der Waals surface area (Å²) in [6, 6.07) is 5.87. The van der Waals surface area contributed by atoms with Gasteiger partial charge in [-0.05, 0) is 37.1 Å². The molecule has 1 fully saturated rings. The number of anilines is 1. The van der Waals surface area contributed by atoms with Crippen molar-refractivity contribution in [3.8, 4) is 0 Å². The number of cyclic esters (lactones) is 1. The summed E-state index contributed by atoms with van der Waals surface area (Å²) in [5.41, 5.74) is 2.01. The fourth-order valence-corrected chi connectivity index (χ4v) is 2.17. The zero-order valence-corrected chi connectivity index (χ0v) is 10.1. The maximum Gasteiger partial charge on any atom is 0.414 e. The zero-order chi connectivity index (χ0) is 10.8. The fraction of sp³-hybridized carbons (Fsp3) is 0.364. The van der Waals surface area contributed by atoms with Crippen LogP contribution in [0.1, 0.15) is 12.0 Å². The monoisotopic (exact) mass is 269 g/mol. The topological polar surface area (TPSA) is 29.5 Å². The second kappa shape index (κ2) is 4.23. The number of hydrogen-bond donors (Lipinski definition) is 0. The van der Waals surface area contributed by atoms with Crippen molar-refractivity contribution in [2.75, 3.05) is 18.1 Å². The van der Waals surface area contributed by atoms with E-state index in [1.54, 1.807) is 4.90 Å². The third-order valence-electron chi connectivity index (χ3n) is 2.42. The van der Waals surface area contributed by atoms with Crippen molar-refractivity contribution in [2.45, 2.75) is 13.3 Å². The number of nitrogens with zero attached hydrogens (tertiary/aromatic N) is 1. The van der Waals surface area contributed by atoms with E-state index in [9.17, 15) is 4.79 Å². The first-order chi connectivity index (χ1) is 7.18. The zero-order valence-electron chi connectivity index (χ0n) is 8.50. The molecular formula is C11H12BrNO2. The largest absolute Gasteiger partial charge is 0.449 e. The van der Waals surface area contributed by atoms with Crippen LogP contribution in [0.15, 0.2) is 22.7 Å². The number of rotatable bonds is 1. The molecule has 0 aliphatic carbocycles. The molecule has 2 rings (SSSR count). The van der Waals surface area contributed by atoms with Gasteiger partial charge in [0.15, 0.2) is 0 Å². The summed E-state index contributed by atoms with van der Waals surface area (Å²) in [5, 5.41) is 0. The first-order valence-electron chi connectivity index (χ1n) is 4.89. The van der Waals surface area contributed by atoms with E-state index < -0.39 is 0 Å². The Morgan fingerprint density at radius 1 is 1.47 bits per heavy atom. The van der Waals surface area contributed by atoms with E-state index in [1.165, 1.54) is 0 Å². The van der Waals surface area contributed by atoms with Crippen LogP contribution in [0, 0.1) is 6.92 Å². The Balaban J connectivity index is 2.31. The lowest BCUT2D eigenvalue weighted by Gasteiger charge is -2.27. The number of benzene rings is 1. The third kappa shape index (κ3) is 2.15. The molecular weight excluding hydrogens is 258 g/mol. The molecule has 80 valence electrons. The molecule has 0 N–H and O–H groups in total. The van der Waals surface area contributed by atoms with Gasteiger partial charge in [0, 0.05) is 11.0 Å². The highest BCUT2D eigenvalue weighted by Gasteiger charge is 2.22. The Hall–Kier alpha value is -1.03. The first-order valence-corrected chi connectivity index (χ1v) is 5.68. The van der Waals surface area contributed by atoms with E-state index in [1.807, 2.05) is 25.1 Å². The molecule has 0 unspecified atom stereocenters. The second-order valence-electron chi connectivity index (χ2n) is 3.55. The molecule has 0 aromatic heterocycles. The lowest BCUT2D eigenvalue weighted by atomic mass is 10.2. The standard InChI is InChI=1S/C11H12BrNO2/c1-8-7-9(12)3-4-10(8)13-5-2-6-15-11(13)14/h3-4,7H,2,5-6H2,1H3. The van der Waals surface area contributed by atoms with Crippen molar-refractivity contribution in [2.24, 2.45) is 0 Å². The third-order valence-corrected chi connectivity index (χ3v) is 2.91. The number of ether oxygens (including phenoxy) is 1. The number of halogens is 1. The molecule has 4 heteroatoms. The van der Waals surface area contributed by atoms with Crippen LogP contribution in [0.4, 0.5) is 10.5 Å². The van der Waals surface area contributed by atoms with Gasteiger partial charge in [-0.3, -0.25) is 4.90 Å². The lowest BCUT2D eigenvalue weighted by Crippen LogP contribution is -2.38. The minimum atomic E-state index is -0.244. The summed E-state index contributed by atoms with van der Waals surface area (Å²) in [6.07, 6.45) is 0.646. The Kier molecular flexibility index (Phi) is 2.95. The van der Waals surface area contributed by atoms with Crippen molar-refractivity contribution < 1.29 is 9.53 Å². The minimum absolute atomic E-state index is 0.244. The van der Waals surface area contributed by atoms with Crippen LogP contribution in [0.2, 0.25) is 0 Å². The summed E-state index contributed by atoms with van der Waals surface area (Å²) in [6.45, 7) is 3.26. The molecule has 0 atom stereocenters. The summed E-state index contributed by atoms with van der Waals surface area (Å²) in [5.74, 6) is 0. The molecule has 1 aliphatic rings. The van der Waals surface area contributed by atoms with Crippen molar-refractivity contribution >= 4 is 27.7 Å². The van der Waals surface area contributed by atoms with Crippen molar-refractivity contribution in [1.82, 2.24) is 0 Å². The van der Waals surface area contributed by atoms with Gasteiger partial charge in [0.05, 0.1) is 12.3 Å². The summed E-state index contributed by atoms with van der Waals surface area (Å²) < 4.78 is 6.03. The van der Waals surface area contributed by atoms with Crippen LogP contribution < -0.4 is 4.90 Å². The van der Waals surface area contributed by atoms with Gasteiger partial charge in [-0.2, -0.15) is 0 Å². The number of amides is 1. The van der Waals surface area contributed by atoms with E-state index in [2.05, 4.69) is 15.9 Å². The minimum Gasteiger partial charge on any atom is -0.449 e. The van der Waals surface area contributed by atoms with E-state index in [-0.39, 0.29) is 6.09 Å². The highest BCUT2D eigenvalue weighted by atomic mass is 79.9. The van der Waals surface area contributed by atoms with Gasteiger partial charge in [-0.25, -0.2) is 4.79 Å². The van der Waals surface area contributed by atoms with Gasteiger partial charge in [0.2, 0.25) is 0 Å². The number of carbonyl (C=O) groups is 1. The molecule has 1 aromatic carbocycles. The van der Waals surface area contributed by atoms with Crippen molar-refractivity contribution in [1.29, 1.82) is 0 Å². The maximum atomic E-state index is 11.5. The SMILES string of the molecule is Cc1cc(Br)ccc1N1CCCOC1=O. The molecule has 0 bridgehead atoms. The second-order valence-corrected chi connectivity index (χ2v) is 4.47. The Labute approximate surface area is 97.2 Å². The van der Waals surface area contributed by atoms with Crippen molar-refractivity contribution in [3.05, 3.63) is 28.2 Å². The van der Waals surface area contributed by atoms with Crippen LogP contribution in [0.25, 0.3) is 0 Å². The molecule has 3 nitrogen and oxygen atoms in total. The van der Waals surface area contributed by atoms with Gasteiger partial charge in [0.25, 0.3) is 0 Å². The van der Waals surface area contributed by atoms with Gasteiger partial charge in [-0.15, -0.1) is 0 Å². The quantitative estimate of drug-likeness (QED) is 0.784. The van der Waals surface area contributed by atoms with E-state index in [0.717, 1.165) is 28.7 Å². The summed E-state index contributed by atoms with van der Waals surface area (Å²) in [7, 11) is 0. The van der Waals surface area contributed by atoms with E-state index in [4.69, 9.17) is 4.74 Å². The normalized spacial score (nSPS) is 16.4. The number of hydrogen-bond acceptors (Lipinski definition) is 2. The highest BCUT2D eigenvalue weighted by molar-refractivity contribution is 9.10. The Bertz CT molecular complexity index is 392. The lowest BCUT2D eigenvalue weighted by molar-refractivity contribution is 0.140. The molecule has 0 radical (unpaired) electrons. The van der Waals surface area contributed by atoms with E-state index in [0.29, 0.717) is 6.61 Å². The number of aryl methyl sites for hydroxylation is 1. The molecule has 1 saturated heterocycles. The molecule has 1 heterocycles. The smallest absolute Gasteiger partial charge is 0.414 e. The molecule has 1 aromatic rings. The average Bonchev–Trinajstić information content (AvgIpc) is 2.20. The van der Waals surface area contributed by atoms with Gasteiger partial charge in [0.1, 0.15) is 0 Å². The first kappa shape index (κ1) is 10.5. The summed E-state index contributed by atoms with van der Waals surface area (Å²) >= 11 is 3.40. The van der Waals surface area contributed by atoms with Crippen molar-refractivity contribution in [3.63, 3.8) is 0 Å². The maximum absolute atomic E-state index is 11.5. The van der Waals surface area contributed by atoms with Gasteiger partial charge < -0.3 is 4.74 Å². The molecule has 1 amide bonds. The average molecular weight is 270 g/mol. The van der Waals surface area contributed by atoms with Crippen LogP contribution >= 0.6 is 15.9 Å². The molecule has 0 spiro atoms. The molecule has 1 aliphatic heterocycles. The van der Waals surface area contributed by atoms with Crippen LogP contribution in [-0.4, -0.2) is 19.2 Å². The van der Waals surface area contributed by atoms with Crippen LogP contribution in [0.3, 0.4) is 0 Å². The molecule has 15 heavy (non-hydrogen) atoms. The Morgan fingerprint density at radius 2 is 2.27 bits per heavy atom. The Morgan fingerprint density at radius 3 is 2.93 bits per heavy atom. The number of carbonyl (C=O) groups excluding carboxylic acids is 1. The predicted molar refractivity (Wildman–Crippen MR) is 62.2 cm³/mol. The highest BCUT2D eigenvalue weighted by Crippen LogP contribution is 2.25. The van der Waals surface area contributed by atoms with Crippen LogP contribution in [0.5, 0.6) is 0 Å². The van der Waals surface area contributed by atoms with E-state index >= 15 is 0 Å². The fourth-order valence-electron chi connectivity index (χ4n) is 1.69. The summed E-state index contributed by atoms with van der Waals surface area (Å²) in [4.78, 5) is 13.2. The molecule has 0 saturated carbocycles. The van der Waals surface area contributed by atoms with Gasteiger partial charge >= 0.3 is 6.09 Å². The predicted octanol–water partition coefficient (Wildman–Crippen LogP) is 3.10. The van der Waals surface area contributed by atoms with Gasteiger partial charge in [-0.1, -0.05) is 15.9 Å².